The maximum atomic E-state index is 4.84. The van der Waals surface area contributed by atoms with E-state index >= 15 is 0 Å². The lowest BCUT2D eigenvalue weighted by Crippen LogP contribution is -1.97. The second-order valence-electron chi connectivity index (χ2n) is 12.3. The number of benzene rings is 7. The van der Waals surface area contributed by atoms with Gasteiger partial charge in [-0.05, 0) is 22.3 Å². The van der Waals surface area contributed by atoms with Crippen molar-refractivity contribution in [1.29, 1.82) is 0 Å². The van der Waals surface area contributed by atoms with Gasteiger partial charge in [0.1, 0.15) is 22.4 Å². The van der Waals surface area contributed by atoms with Gasteiger partial charge in [0.15, 0.2) is 0 Å². The first-order chi connectivity index (χ1) is 24.8. The number of aromatic nitrogens is 4. The highest BCUT2D eigenvalue weighted by atomic mass is 15.1. The zero-order valence-electron chi connectivity index (χ0n) is 27.1. The summed E-state index contributed by atoms with van der Waals surface area (Å²) in [5.41, 5.74) is 14.2. The minimum atomic E-state index is 0.871. The van der Waals surface area contributed by atoms with E-state index in [1.807, 2.05) is 48.5 Å². The molecule has 9 aromatic rings. The maximum absolute atomic E-state index is 4.84. The highest BCUT2D eigenvalue weighted by molar-refractivity contribution is 6.07. The van der Waals surface area contributed by atoms with E-state index in [1.165, 1.54) is 0 Å². The molecule has 0 saturated carbocycles. The van der Waals surface area contributed by atoms with Crippen molar-refractivity contribution >= 4 is 21.8 Å². The largest absolute Gasteiger partial charge is 0.149 e. The molecule has 0 amide bonds. The van der Waals surface area contributed by atoms with Crippen LogP contribution in [0, 0.1) is 0 Å². The monoisotopic (exact) mass is 638 g/mol. The molecule has 2 aromatic heterocycles. The highest BCUT2D eigenvalue weighted by Crippen LogP contribution is 2.41. The topological polar surface area (TPSA) is 51.6 Å². The molecule has 9 rings (SSSR count). The Balaban J connectivity index is 1.17. The molecule has 0 unspecified atom stereocenters. The van der Waals surface area contributed by atoms with Gasteiger partial charge in [-0.2, -0.15) is 0 Å². The van der Waals surface area contributed by atoms with Gasteiger partial charge in [-0.1, -0.05) is 182 Å². The first-order valence-electron chi connectivity index (χ1n) is 16.7. The number of hydrogen-bond acceptors (Lipinski definition) is 4. The van der Waals surface area contributed by atoms with Crippen molar-refractivity contribution in [3.8, 4) is 67.0 Å². The van der Waals surface area contributed by atoms with Crippen LogP contribution in [0.4, 0.5) is 0 Å². The summed E-state index contributed by atoms with van der Waals surface area (Å²) < 4.78 is 0. The fourth-order valence-electron chi connectivity index (χ4n) is 6.95. The second-order valence-corrected chi connectivity index (χ2v) is 12.3. The first kappa shape index (κ1) is 29.4. The third-order valence-electron chi connectivity index (χ3n) is 9.31. The number of rotatable bonds is 6. The molecule has 4 heteroatoms. The van der Waals surface area contributed by atoms with Gasteiger partial charge in [-0.15, -0.1) is 20.4 Å². The van der Waals surface area contributed by atoms with E-state index in [1.54, 1.807) is 0 Å². The lowest BCUT2D eigenvalue weighted by Gasteiger charge is -2.15. The Kier molecular flexibility index (Phi) is 7.45. The lowest BCUT2D eigenvalue weighted by molar-refractivity contribution is 1.08. The van der Waals surface area contributed by atoms with Crippen LogP contribution in [0.15, 0.2) is 182 Å². The minimum absolute atomic E-state index is 0.871. The fraction of sp³-hybridized carbons (Fsp3) is 0. The fourth-order valence-corrected chi connectivity index (χ4v) is 6.95. The summed E-state index contributed by atoms with van der Waals surface area (Å²) in [6, 6.07) is 63.0. The molecule has 0 bridgehead atoms. The van der Waals surface area contributed by atoms with Crippen molar-refractivity contribution in [2.75, 3.05) is 0 Å². The molecule has 0 N–H and O–H groups in total. The van der Waals surface area contributed by atoms with Crippen molar-refractivity contribution < 1.29 is 0 Å². The van der Waals surface area contributed by atoms with Gasteiger partial charge in [0, 0.05) is 44.2 Å². The average Bonchev–Trinajstić information content (AvgIpc) is 3.21. The van der Waals surface area contributed by atoms with E-state index in [9.17, 15) is 0 Å². The minimum Gasteiger partial charge on any atom is -0.149 e. The van der Waals surface area contributed by atoms with Crippen molar-refractivity contribution in [1.82, 2.24) is 20.4 Å². The van der Waals surface area contributed by atoms with Crippen LogP contribution >= 0.6 is 0 Å². The molecular weight excluding hydrogens is 609 g/mol. The van der Waals surface area contributed by atoms with Crippen LogP contribution in [0.25, 0.3) is 88.8 Å². The van der Waals surface area contributed by atoms with Crippen LogP contribution in [0.5, 0.6) is 0 Å². The Bertz CT molecular complexity index is 2420. The molecule has 4 nitrogen and oxygen atoms in total. The molecule has 234 valence electrons. The Morgan fingerprint density at radius 3 is 0.940 bits per heavy atom. The summed E-state index contributed by atoms with van der Waals surface area (Å²) in [6.07, 6.45) is 0. The predicted octanol–water partition coefficient (Wildman–Crippen LogP) is 11.6. The lowest BCUT2D eigenvalue weighted by atomic mass is 9.92. The van der Waals surface area contributed by atoms with Crippen LogP contribution in [-0.2, 0) is 0 Å². The molecule has 50 heavy (non-hydrogen) atoms. The molecule has 0 aliphatic rings. The molecule has 0 atom stereocenters. The van der Waals surface area contributed by atoms with E-state index in [2.05, 4.69) is 133 Å². The van der Waals surface area contributed by atoms with E-state index in [0.29, 0.717) is 0 Å². The first-order valence-corrected chi connectivity index (χ1v) is 16.7. The summed E-state index contributed by atoms with van der Waals surface area (Å²) in [7, 11) is 0. The molecule has 0 fully saturated rings. The quantitative estimate of drug-likeness (QED) is 0.182. The highest BCUT2D eigenvalue weighted by Gasteiger charge is 2.19. The van der Waals surface area contributed by atoms with Crippen molar-refractivity contribution in [2.45, 2.75) is 0 Å². The third kappa shape index (κ3) is 5.20. The predicted molar refractivity (Wildman–Crippen MR) is 205 cm³/mol. The van der Waals surface area contributed by atoms with E-state index in [0.717, 1.165) is 88.8 Å². The second kappa shape index (κ2) is 12.7. The van der Waals surface area contributed by atoms with Gasteiger partial charge in [0.2, 0.25) is 0 Å². The van der Waals surface area contributed by atoms with Crippen molar-refractivity contribution in [3.63, 3.8) is 0 Å². The van der Waals surface area contributed by atoms with E-state index in [-0.39, 0.29) is 0 Å². The van der Waals surface area contributed by atoms with Gasteiger partial charge >= 0.3 is 0 Å². The molecule has 2 heterocycles. The molecule has 7 aromatic carbocycles. The standard InChI is InChI=1S/C46H30N4/c1-5-15-33(16-6-1)41-39-25-13-23-37(45(39)49-47-43(41)35-19-9-3-10-20-35)31-27-29-32(30-28-31)38-24-14-26-40-42(34-17-7-2-8-18-34)44(48-50-46(38)40)36-21-11-4-12-22-36/h1-30H. The van der Waals surface area contributed by atoms with Gasteiger partial charge in [-0.25, -0.2) is 0 Å². The van der Waals surface area contributed by atoms with Gasteiger partial charge < -0.3 is 0 Å². The van der Waals surface area contributed by atoms with E-state index < -0.39 is 0 Å². The van der Waals surface area contributed by atoms with Gasteiger partial charge in [0.05, 0.1) is 0 Å². The average molecular weight is 639 g/mol. The Hall–Kier alpha value is -6.78. The summed E-state index contributed by atoms with van der Waals surface area (Å²) in [6.45, 7) is 0. The SMILES string of the molecule is c1ccc(-c2nnc3c(-c4ccc(-c5cccc6c(-c7ccccc7)c(-c7ccccc7)nnc56)cc4)cccc3c2-c2ccccc2)cc1. The molecular formula is C46H30N4. The molecule has 0 radical (unpaired) electrons. The summed E-state index contributed by atoms with van der Waals surface area (Å²) >= 11 is 0. The van der Waals surface area contributed by atoms with Crippen LogP contribution < -0.4 is 0 Å². The Morgan fingerprint density at radius 2 is 0.580 bits per heavy atom. The smallest absolute Gasteiger partial charge is 0.101 e. The number of fused-ring (bicyclic) bond motifs is 2. The number of hydrogen-bond donors (Lipinski definition) is 0. The van der Waals surface area contributed by atoms with Crippen LogP contribution in [0.1, 0.15) is 0 Å². The zero-order chi connectivity index (χ0) is 33.3. The van der Waals surface area contributed by atoms with Crippen molar-refractivity contribution in [2.24, 2.45) is 0 Å². The van der Waals surface area contributed by atoms with Crippen LogP contribution in [0.3, 0.4) is 0 Å². The molecule has 0 aliphatic carbocycles. The van der Waals surface area contributed by atoms with Gasteiger partial charge in [-0.3, -0.25) is 0 Å². The summed E-state index contributed by atoms with van der Waals surface area (Å²) in [4.78, 5) is 0. The van der Waals surface area contributed by atoms with Crippen LogP contribution in [-0.4, -0.2) is 20.4 Å². The zero-order valence-corrected chi connectivity index (χ0v) is 27.1. The molecule has 0 aliphatic heterocycles. The molecule has 0 saturated heterocycles. The third-order valence-corrected chi connectivity index (χ3v) is 9.31. The van der Waals surface area contributed by atoms with Crippen LogP contribution in [0.2, 0.25) is 0 Å². The summed E-state index contributed by atoms with van der Waals surface area (Å²) in [5, 5.41) is 21.5. The summed E-state index contributed by atoms with van der Waals surface area (Å²) in [5.74, 6) is 0. The normalized spacial score (nSPS) is 11.2. The van der Waals surface area contributed by atoms with E-state index in [4.69, 9.17) is 20.4 Å². The van der Waals surface area contributed by atoms with Gasteiger partial charge in [0.25, 0.3) is 0 Å². The maximum Gasteiger partial charge on any atom is 0.101 e. The number of nitrogens with zero attached hydrogens (tertiary/aromatic N) is 4. The molecule has 0 spiro atoms. The van der Waals surface area contributed by atoms with Crippen molar-refractivity contribution in [3.05, 3.63) is 182 Å². The Morgan fingerprint density at radius 1 is 0.240 bits per heavy atom. The Labute approximate surface area is 290 Å².